The molecule has 0 N–H and O–H groups in total. The quantitative estimate of drug-likeness (QED) is 0.187. The second kappa shape index (κ2) is 12.1. The van der Waals surface area contributed by atoms with Crippen LogP contribution >= 0.6 is 0 Å². The third kappa shape index (κ3) is 6.83. The van der Waals surface area contributed by atoms with Gasteiger partial charge in [-0.1, -0.05) is 54.6 Å². The number of aliphatic imine (C=N–C) groups is 1. The second-order valence-electron chi connectivity index (χ2n) is 7.03. The number of isocyanates is 1. The van der Waals surface area contributed by atoms with Gasteiger partial charge in [0.25, 0.3) is 0 Å². The lowest BCUT2D eigenvalue weighted by Gasteiger charge is -2.27. The Bertz CT molecular complexity index is 1030. The molecule has 0 unspecified atom stereocenters. The molecular formula is C25H21NO7Si. The van der Waals surface area contributed by atoms with Crippen LogP contribution in [0, 0.1) is 0 Å². The maximum absolute atomic E-state index is 12.9. The van der Waals surface area contributed by atoms with E-state index < -0.39 is 26.7 Å². The van der Waals surface area contributed by atoms with Gasteiger partial charge in [0.15, 0.2) is 0 Å². The van der Waals surface area contributed by atoms with Crippen molar-refractivity contribution in [3.8, 4) is 0 Å². The molecule has 0 amide bonds. The number of hydrogen-bond acceptors (Lipinski definition) is 8. The zero-order valence-corrected chi connectivity index (χ0v) is 19.1. The summed E-state index contributed by atoms with van der Waals surface area (Å²) in [5.41, 5.74) is 0.574. The van der Waals surface area contributed by atoms with E-state index in [1.54, 1.807) is 54.6 Å². The highest BCUT2D eigenvalue weighted by Crippen LogP contribution is 2.24. The molecule has 0 aliphatic rings. The molecule has 0 aromatic heterocycles. The summed E-state index contributed by atoms with van der Waals surface area (Å²) in [6.07, 6.45) is 1.57. The van der Waals surface area contributed by atoms with E-state index in [1.807, 2.05) is 0 Å². The minimum Gasteiger partial charge on any atom is -0.451 e. The maximum atomic E-state index is 12.9. The van der Waals surface area contributed by atoms with Crippen molar-refractivity contribution in [2.24, 2.45) is 4.99 Å². The fraction of sp³-hybridized carbons (Fsp3) is 0.120. The number of nitrogens with zero attached hydrogens (tertiary/aromatic N) is 1. The number of rotatable bonds is 10. The summed E-state index contributed by atoms with van der Waals surface area (Å²) >= 11 is 0. The molecule has 9 heteroatoms. The Morgan fingerprint density at radius 1 is 0.647 bits per heavy atom. The van der Waals surface area contributed by atoms with E-state index in [-0.39, 0.29) is 35.7 Å². The lowest BCUT2D eigenvalue weighted by molar-refractivity contribution is 0.0320. The Hall–Kier alpha value is -4.33. The van der Waals surface area contributed by atoms with Gasteiger partial charge in [0.2, 0.25) is 6.08 Å². The van der Waals surface area contributed by atoms with Crippen molar-refractivity contribution in [3.05, 3.63) is 108 Å². The van der Waals surface area contributed by atoms with E-state index in [0.29, 0.717) is 0 Å². The van der Waals surface area contributed by atoms with Crippen molar-refractivity contribution in [2.45, 2.75) is 12.5 Å². The number of benzene rings is 3. The molecule has 0 bridgehead atoms. The lowest BCUT2D eigenvalue weighted by Crippen LogP contribution is -2.50. The van der Waals surface area contributed by atoms with Gasteiger partial charge in [0.1, 0.15) is 0 Å². The molecule has 34 heavy (non-hydrogen) atoms. The van der Waals surface area contributed by atoms with Crippen LogP contribution < -0.4 is 0 Å². The molecule has 172 valence electrons. The molecule has 0 radical (unpaired) electrons. The predicted octanol–water partition coefficient (Wildman–Crippen LogP) is 4.22. The monoisotopic (exact) mass is 475 g/mol. The van der Waals surface area contributed by atoms with E-state index in [1.165, 1.54) is 42.5 Å². The van der Waals surface area contributed by atoms with E-state index in [0.717, 1.165) is 0 Å². The summed E-state index contributed by atoms with van der Waals surface area (Å²) in [7, 11) is -4.32. The fourth-order valence-electron chi connectivity index (χ4n) is 2.96. The van der Waals surface area contributed by atoms with Gasteiger partial charge in [-0.3, -0.25) is 0 Å². The van der Waals surface area contributed by atoms with Crippen LogP contribution in [0.5, 0.6) is 0 Å². The van der Waals surface area contributed by atoms with Crippen molar-refractivity contribution in [1.82, 2.24) is 0 Å². The Kier molecular flexibility index (Phi) is 8.62. The molecule has 0 heterocycles. The molecule has 0 atom stereocenters. The van der Waals surface area contributed by atoms with Gasteiger partial charge in [-0.25, -0.2) is 24.2 Å². The molecule has 0 aliphatic carbocycles. The largest absolute Gasteiger partial charge is 0.705 e. The normalized spacial score (nSPS) is 10.5. The van der Waals surface area contributed by atoms with Gasteiger partial charge in [-0.15, -0.1) is 0 Å². The first-order chi connectivity index (χ1) is 16.5. The average molecular weight is 476 g/mol. The third-order valence-electron chi connectivity index (χ3n) is 4.59. The first-order valence-electron chi connectivity index (χ1n) is 10.4. The Balaban J connectivity index is 1.97. The summed E-state index contributed by atoms with van der Waals surface area (Å²) in [5.74, 6) is -2.44. The molecule has 0 aliphatic heterocycles. The average Bonchev–Trinajstić information content (AvgIpc) is 2.88. The van der Waals surface area contributed by atoms with Crippen molar-refractivity contribution >= 4 is 32.8 Å². The molecule has 3 aromatic carbocycles. The zero-order valence-electron chi connectivity index (χ0n) is 18.1. The van der Waals surface area contributed by atoms with Crippen LogP contribution in [0.1, 0.15) is 37.5 Å². The van der Waals surface area contributed by atoms with Crippen LogP contribution in [0.2, 0.25) is 6.04 Å². The molecule has 0 saturated carbocycles. The molecule has 0 spiro atoms. The lowest BCUT2D eigenvalue weighted by atomic mass is 10.2. The summed E-state index contributed by atoms with van der Waals surface area (Å²) in [5, 5.41) is 0. The molecule has 8 nitrogen and oxygen atoms in total. The van der Waals surface area contributed by atoms with Gasteiger partial charge in [-0.2, -0.15) is 0 Å². The highest BCUT2D eigenvalue weighted by Gasteiger charge is 2.53. The van der Waals surface area contributed by atoms with E-state index in [9.17, 15) is 19.2 Å². The van der Waals surface area contributed by atoms with Crippen molar-refractivity contribution in [1.29, 1.82) is 0 Å². The van der Waals surface area contributed by atoms with E-state index in [2.05, 4.69) is 4.99 Å². The second-order valence-corrected chi connectivity index (χ2v) is 9.50. The van der Waals surface area contributed by atoms with Crippen molar-refractivity contribution in [2.75, 3.05) is 6.54 Å². The highest BCUT2D eigenvalue weighted by atomic mass is 28.4. The van der Waals surface area contributed by atoms with Crippen LogP contribution in [-0.2, 0) is 18.1 Å². The summed E-state index contributed by atoms with van der Waals surface area (Å²) in [6, 6.07) is 24.1. The predicted molar refractivity (Wildman–Crippen MR) is 124 cm³/mol. The van der Waals surface area contributed by atoms with Crippen molar-refractivity contribution in [3.63, 3.8) is 0 Å². The summed E-state index contributed by atoms with van der Waals surface area (Å²) < 4.78 is 17.0. The molecular weight excluding hydrogens is 454 g/mol. The molecule has 3 rings (SSSR count). The van der Waals surface area contributed by atoms with Gasteiger partial charge in [-0.05, 0) is 42.8 Å². The van der Waals surface area contributed by atoms with Crippen LogP contribution in [0.3, 0.4) is 0 Å². The van der Waals surface area contributed by atoms with Gasteiger partial charge < -0.3 is 13.3 Å². The standard InChI is InChI=1S/C25H21NO7Si/c27-19-26-17-10-18-34(31-23(28)20-11-4-1-5-12-20,32-24(29)21-13-6-2-7-14-21)33-25(30)22-15-8-3-9-16-22/h1-9,11-16H,10,17-18H2. The molecule has 0 saturated heterocycles. The first-order valence-corrected chi connectivity index (χ1v) is 12.3. The number of carbonyl (C=O) groups excluding carboxylic acids is 4. The molecule has 3 aromatic rings. The van der Waals surface area contributed by atoms with Gasteiger partial charge in [0, 0.05) is 0 Å². The van der Waals surface area contributed by atoms with Crippen LogP contribution in [0.4, 0.5) is 0 Å². The Morgan fingerprint density at radius 2 is 1.00 bits per heavy atom. The Morgan fingerprint density at radius 3 is 1.32 bits per heavy atom. The Labute approximate surface area is 197 Å². The van der Waals surface area contributed by atoms with E-state index >= 15 is 0 Å². The van der Waals surface area contributed by atoms with Crippen molar-refractivity contribution < 1.29 is 32.5 Å². The maximum Gasteiger partial charge on any atom is 0.705 e. The topological polar surface area (TPSA) is 108 Å². The summed E-state index contributed by atoms with van der Waals surface area (Å²) in [4.78, 5) is 52.8. The minimum atomic E-state index is -4.32. The van der Waals surface area contributed by atoms with Crippen LogP contribution in [0.25, 0.3) is 0 Å². The number of hydrogen-bond donors (Lipinski definition) is 0. The van der Waals surface area contributed by atoms with Gasteiger partial charge in [0.05, 0.1) is 29.3 Å². The fourth-order valence-corrected chi connectivity index (χ4v) is 5.18. The van der Waals surface area contributed by atoms with Crippen LogP contribution in [-0.4, -0.2) is 39.3 Å². The zero-order chi connectivity index (χ0) is 24.2. The highest BCUT2D eigenvalue weighted by molar-refractivity contribution is 6.66. The SMILES string of the molecule is O=C=NCCC[Si](OC(=O)c1ccccc1)(OC(=O)c1ccccc1)OC(=O)c1ccccc1. The van der Waals surface area contributed by atoms with Gasteiger partial charge >= 0.3 is 26.7 Å². The van der Waals surface area contributed by atoms with E-state index in [4.69, 9.17) is 13.3 Å². The smallest absolute Gasteiger partial charge is 0.451 e. The third-order valence-corrected chi connectivity index (χ3v) is 7.05. The summed E-state index contributed by atoms with van der Waals surface area (Å²) in [6.45, 7) is 0.0207. The number of carbonyl (C=O) groups is 3. The molecule has 0 fully saturated rings. The van der Waals surface area contributed by atoms with Crippen LogP contribution in [0.15, 0.2) is 96.0 Å². The minimum absolute atomic E-state index is 0.0207. The first kappa shape index (κ1) is 24.3.